The fourth-order valence-electron chi connectivity index (χ4n) is 4.31. The molecule has 7 heteroatoms. The Morgan fingerprint density at radius 3 is 2.59 bits per heavy atom. The molecule has 29 heavy (non-hydrogen) atoms. The lowest BCUT2D eigenvalue weighted by molar-refractivity contribution is -0.126. The Bertz CT molecular complexity index is 741. The molecule has 1 N–H and O–H groups in total. The molecule has 0 saturated carbocycles. The summed E-state index contributed by atoms with van der Waals surface area (Å²) in [5, 5.41) is 3.95. The van der Waals surface area contributed by atoms with Crippen molar-refractivity contribution >= 4 is 35.0 Å². The van der Waals surface area contributed by atoms with Crippen molar-refractivity contribution in [3.05, 3.63) is 33.8 Å². The summed E-state index contributed by atoms with van der Waals surface area (Å²) < 4.78 is 0. The fraction of sp³-hybridized carbons (Fsp3) is 0.636. The van der Waals surface area contributed by atoms with E-state index in [2.05, 4.69) is 24.1 Å². The van der Waals surface area contributed by atoms with Crippen LogP contribution in [0.1, 0.15) is 49.9 Å². The zero-order chi connectivity index (χ0) is 21.0. The van der Waals surface area contributed by atoms with Crippen LogP contribution in [0.5, 0.6) is 0 Å². The molecule has 2 atom stereocenters. The first-order valence-electron chi connectivity index (χ1n) is 10.6. The second-order valence-electron chi connectivity index (χ2n) is 8.56. The molecular weight excluding hydrogens is 409 g/mol. The van der Waals surface area contributed by atoms with Crippen LogP contribution in [0.2, 0.25) is 10.0 Å². The number of likely N-dealkylation sites (tertiary alicyclic amines) is 2. The molecule has 3 rings (SSSR count). The number of nitrogens with zero attached hydrogens (tertiary/aromatic N) is 2. The molecule has 2 fully saturated rings. The summed E-state index contributed by atoms with van der Waals surface area (Å²) in [5.41, 5.74) is 0.511. The van der Waals surface area contributed by atoms with Crippen molar-refractivity contribution in [2.45, 2.75) is 45.6 Å². The second kappa shape index (κ2) is 10.1. The van der Waals surface area contributed by atoms with E-state index in [0.717, 1.165) is 38.9 Å². The molecule has 0 spiro atoms. The molecule has 0 aliphatic carbocycles. The summed E-state index contributed by atoms with van der Waals surface area (Å²) >= 11 is 12.0. The standard InChI is InChI=1S/C22H31Cl2N3O2/c1-15(2)26-9-3-5-16(13-26)12-25-21(28)18-6-4-10-27(14-18)22(29)17-7-8-19(23)20(24)11-17/h7-8,11,15-16,18H,3-6,9-10,12-14H2,1-2H3,(H,25,28). The smallest absolute Gasteiger partial charge is 0.253 e. The summed E-state index contributed by atoms with van der Waals surface area (Å²) in [5.74, 6) is 0.326. The number of nitrogens with one attached hydrogen (secondary N) is 1. The first-order valence-corrected chi connectivity index (χ1v) is 11.4. The van der Waals surface area contributed by atoms with Crippen LogP contribution in [0.15, 0.2) is 18.2 Å². The van der Waals surface area contributed by atoms with E-state index in [1.165, 1.54) is 6.42 Å². The molecule has 1 aromatic carbocycles. The Kier molecular flexibility index (Phi) is 7.83. The predicted octanol–water partition coefficient (Wildman–Crippen LogP) is 4.08. The minimum atomic E-state index is -0.153. The lowest BCUT2D eigenvalue weighted by atomic mass is 9.94. The van der Waals surface area contributed by atoms with Crippen molar-refractivity contribution in [2.24, 2.45) is 11.8 Å². The Balaban J connectivity index is 1.52. The van der Waals surface area contributed by atoms with Crippen LogP contribution >= 0.6 is 23.2 Å². The average Bonchev–Trinajstić information content (AvgIpc) is 2.73. The van der Waals surface area contributed by atoms with Gasteiger partial charge in [-0.15, -0.1) is 0 Å². The quantitative estimate of drug-likeness (QED) is 0.751. The summed E-state index contributed by atoms with van der Waals surface area (Å²) in [6.45, 7) is 8.48. The molecule has 0 radical (unpaired) electrons. The molecule has 160 valence electrons. The monoisotopic (exact) mass is 439 g/mol. The highest BCUT2D eigenvalue weighted by atomic mass is 35.5. The lowest BCUT2D eigenvalue weighted by Crippen LogP contribution is -2.48. The summed E-state index contributed by atoms with van der Waals surface area (Å²) in [7, 11) is 0. The lowest BCUT2D eigenvalue weighted by Gasteiger charge is -2.36. The molecule has 0 aromatic heterocycles. The zero-order valence-electron chi connectivity index (χ0n) is 17.3. The maximum absolute atomic E-state index is 12.8. The van der Waals surface area contributed by atoms with Gasteiger partial charge in [0.2, 0.25) is 5.91 Å². The van der Waals surface area contributed by atoms with Gasteiger partial charge in [0.1, 0.15) is 0 Å². The van der Waals surface area contributed by atoms with Crippen LogP contribution in [0.3, 0.4) is 0 Å². The van der Waals surface area contributed by atoms with E-state index >= 15 is 0 Å². The van der Waals surface area contributed by atoms with Crippen LogP contribution in [0, 0.1) is 11.8 Å². The minimum Gasteiger partial charge on any atom is -0.355 e. The molecule has 5 nitrogen and oxygen atoms in total. The third-order valence-corrected chi connectivity index (χ3v) is 6.83. The molecule has 2 amide bonds. The van der Waals surface area contributed by atoms with E-state index in [1.807, 2.05) is 0 Å². The Labute approximate surface area is 183 Å². The maximum Gasteiger partial charge on any atom is 0.253 e. The Morgan fingerprint density at radius 2 is 1.86 bits per heavy atom. The number of amides is 2. The molecule has 1 aromatic rings. The third kappa shape index (κ3) is 5.87. The number of hydrogen-bond donors (Lipinski definition) is 1. The number of carbonyl (C=O) groups is 2. The topological polar surface area (TPSA) is 52.7 Å². The highest BCUT2D eigenvalue weighted by Crippen LogP contribution is 2.25. The molecule has 2 aliphatic rings. The van der Waals surface area contributed by atoms with Gasteiger partial charge in [-0.2, -0.15) is 0 Å². The molecule has 0 bridgehead atoms. The molecule has 2 aliphatic heterocycles. The van der Waals surface area contributed by atoms with Crippen molar-refractivity contribution in [3.8, 4) is 0 Å². The fourth-order valence-corrected chi connectivity index (χ4v) is 4.61. The van der Waals surface area contributed by atoms with Gasteiger partial charge in [0.05, 0.1) is 16.0 Å². The number of halogens is 2. The molecular formula is C22H31Cl2N3O2. The minimum absolute atomic E-state index is 0.0679. The van der Waals surface area contributed by atoms with Gasteiger partial charge in [-0.25, -0.2) is 0 Å². The number of hydrogen-bond acceptors (Lipinski definition) is 3. The van der Waals surface area contributed by atoms with Gasteiger partial charge in [-0.3, -0.25) is 9.59 Å². The van der Waals surface area contributed by atoms with E-state index in [9.17, 15) is 9.59 Å². The molecule has 2 saturated heterocycles. The van der Waals surface area contributed by atoms with Crippen LogP contribution < -0.4 is 5.32 Å². The largest absolute Gasteiger partial charge is 0.355 e. The SMILES string of the molecule is CC(C)N1CCCC(CNC(=O)C2CCCN(C(=O)c3ccc(Cl)c(Cl)c3)C2)C1. The average molecular weight is 440 g/mol. The first-order chi connectivity index (χ1) is 13.8. The van der Waals surface area contributed by atoms with E-state index in [1.54, 1.807) is 23.1 Å². The van der Waals surface area contributed by atoms with E-state index in [4.69, 9.17) is 23.2 Å². The normalized spacial score (nSPS) is 23.3. The van der Waals surface area contributed by atoms with Crippen molar-refractivity contribution in [3.63, 3.8) is 0 Å². The molecule has 2 heterocycles. The van der Waals surface area contributed by atoms with Gasteiger partial charge in [0.25, 0.3) is 5.91 Å². The Hall–Kier alpha value is -1.30. The van der Waals surface area contributed by atoms with Crippen LogP contribution in [0.4, 0.5) is 0 Å². The number of carbonyl (C=O) groups excluding carboxylic acids is 2. The van der Waals surface area contributed by atoms with E-state index in [0.29, 0.717) is 40.7 Å². The number of benzene rings is 1. The van der Waals surface area contributed by atoms with Crippen LogP contribution in [-0.4, -0.2) is 60.4 Å². The second-order valence-corrected chi connectivity index (χ2v) is 9.38. The van der Waals surface area contributed by atoms with E-state index in [-0.39, 0.29) is 17.7 Å². The van der Waals surface area contributed by atoms with Crippen molar-refractivity contribution in [2.75, 3.05) is 32.7 Å². The predicted molar refractivity (Wildman–Crippen MR) is 118 cm³/mol. The highest BCUT2D eigenvalue weighted by Gasteiger charge is 2.30. The van der Waals surface area contributed by atoms with Gasteiger partial charge < -0.3 is 15.1 Å². The molecule has 2 unspecified atom stereocenters. The van der Waals surface area contributed by atoms with Gasteiger partial charge in [0.15, 0.2) is 0 Å². The number of piperidine rings is 2. The first kappa shape index (κ1) is 22.4. The van der Waals surface area contributed by atoms with Crippen molar-refractivity contribution in [1.82, 2.24) is 15.1 Å². The maximum atomic E-state index is 12.8. The number of rotatable bonds is 5. The van der Waals surface area contributed by atoms with E-state index < -0.39 is 0 Å². The zero-order valence-corrected chi connectivity index (χ0v) is 18.8. The summed E-state index contributed by atoms with van der Waals surface area (Å²) in [6, 6.07) is 5.46. The van der Waals surface area contributed by atoms with Crippen LogP contribution in [-0.2, 0) is 4.79 Å². The van der Waals surface area contributed by atoms with Crippen LogP contribution in [0.25, 0.3) is 0 Å². The van der Waals surface area contributed by atoms with Gasteiger partial charge in [-0.1, -0.05) is 23.2 Å². The third-order valence-electron chi connectivity index (χ3n) is 6.09. The van der Waals surface area contributed by atoms with Gasteiger partial charge in [0, 0.05) is 37.8 Å². The van der Waals surface area contributed by atoms with Gasteiger partial charge in [-0.05, 0) is 70.2 Å². The Morgan fingerprint density at radius 1 is 1.10 bits per heavy atom. The highest BCUT2D eigenvalue weighted by molar-refractivity contribution is 6.42. The van der Waals surface area contributed by atoms with Crippen molar-refractivity contribution < 1.29 is 9.59 Å². The summed E-state index contributed by atoms with van der Waals surface area (Å²) in [4.78, 5) is 29.8. The van der Waals surface area contributed by atoms with Crippen molar-refractivity contribution in [1.29, 1.82) is 0 Å². The summed E-state index contributed by atoms with van der Waals surface area (Å²) in [6.07, 6.45) is 4.00. The van der Waals surface area contributed by atoms with Gasteiger partial charge >= 0.3 is 0 Å².